The van der Waals surface area contributed by atoms with Crippen LogP contribution in [-0.2, 0) is 17.6 Å². The molecule has 3 heteroatoms. The van der Waals surface area contributed by atoms with Gasteiger partial charge in [-0.25, -0.2) is 0 Å². The van der Waals surface area contributed by atoms with Crippen LogP contribution in [0.4, 0.5) is 0 Å². The van der Waals surface area contributed by atoms with E-state index in [4.69, 9.17) is 9.84 Å². The molecule has 0 saturated carbocycles. The molecule has 2 aromatic carbocycles. The summed E-state index contributed by atoms with van der Waals surface area (Å²) in [6.45, 7) is 6.93. The Morgan fingerprint density at radius 1 is 1.00 bits per heavy atom. The van der Waals surface area contributed by atoms with Crippen LogP contribution in [0.15, 0.2) is 42.0 Å². The Bertz CT molecular complexity index is 891. The molecule has 3 nitrogen and oxygen atoms in total. The Labute approximate surface area is 174 Å². The number of carboxylic acids is 1. The maximum atomic E-state index is 10.9. The van der Waals surface area contributed by atoms with Gasteiger partial charge in [-0.3, -0.25) is 4.79 Å². The van der Waals surface area contributed by atoms with Gasteiger partial charge in [0.1, 0.15) is 12.4 Å². The highest BCUT2D eigenvalue weighted by molar-refractivity contribution is 5.70. The van der Waals surface area contributed by atoms with Crippen molar-refractivity contribution < 1.29 is 14.6 Å². The Kier molecular flexibility index (Phi) is 7.13. The average Bonchev–Trinajstić information content (AvgIpc) is 2.74. The van der Waals surface area contributed by atoms with Crippen molar-refractivity contribution in [2.75, 3.05) is 6.61 Å². The molecule has 0 unspecified atom stereocenters. The number of allylic oxidation sites excluding steroid dienone is 1. The van der Waals surface area contributed by atoms with Gasteiger partial charge in [-0.2, -0.15) is 0 Å². The van der Waals surface area contributed by atoms with Crippen LogP contribution < -0.4 is 4.74 Å². The Morgan fingerprint density at radius 2 is 1.72 bits per heavy atom. The third kappa shape index (κ3) is 5.29. The normalized spacial score (nSPS) is 14.2. The SMILES string of the molecule is CCc1ccc(C2=C(COc3ccc(CCC(=O)O)c(C)c3C)CCCC2)cc1. The molecule has 0 atom stereocenters. The fourth-order valence-corrected chi connectivity index (χ4v) is 4.10. The Hall–Kier alpha value is -2.55. The van der Waals surface area contributed by atoms with Crippen LogP contribution in [-0.4, -0.2) is 17.7 Å². The number of hydrogen-bond donors (Lipinski definition) is 1. The molecule has 0 spiro atoms. The molecule has 29 heavy (non-hydrogen) atoms. The van der Waals surface area contributed by atoms with Gasteiger partial charge in [-0.15, -0.1) is 0 Å². The fourth-order valence-electron chi connectivity index (χ4n) is 4.10. The molecule has 0 heterocycles. The lowest BCUT2D eigenvalue weighted by Gasteiger charge is -2.22. The van der Waals surface area contributed by atoms with Crippen LogP contribution in [0.1, 0.15) is 66.8 Å². The van der Waals surface area contributed by atoms with Crippen LogP contribution in [0.5, 0.6) is 5.75 Å². The summed E-state index contributed by atoms with van der Waals surface area (Å²) in [6.07, 6.45) is 6.47. The molecule has 2 aromatic rings. The van der Waals surface area contributed by atoms with E-state index in [1.54, 1.807) is 0 Å². The minimum absolute atomic E-state index is 0.160. The summed E-state index contributed by atoms with van der Waals surface area (Å²) >= 11 is 0. The van der Waals surface area contributed by atoms with Crippen LogP contribution in [0.3, 0.4) is 0 Å². The second-order valence-electron chi connectivity index (χ2n) is 7.99. The van der Waals surface area contributed by atoms with Gasteiger partial charge in [-0.05, 0) is 97.4 Å². The molecule has 3 rings (SSSR count). The third-order valence-electron chi connectivity index (χ3n) is 6.15. The zero-order valence-corrected chi connectivity index (χ0v) is 17.9. The molecule has 1 aliphatic carbocycles. The zero-order chi connectivity index (χ0) is 20.8. The predicted octanol–water partition coefficient (Wildman–Crippen LogP) is 6.29. The van der Waals surface area contributed by atoms with Crippen molar-refractivity contribution in [2.24, 2.45) is 0 Å². The van der Waals surface area contributed by atoms with E-state index < -0.39 is 5.97 Å². The lowest BCUT2D eigenvalue weighted by atomic mass is 9.87. The number of benzene rings is 2. The van der Waals surface area contributed by atoms with Gasteiger partial charge in [-0.1, -0.05) is 37.3 Å². The summed E-state index contributed by atoms with van der Waals surface area (Å²) in [6, 6.07) is 13.0. The number of rotatable bonds is 8. The summed E-state index contributed by atoms with van der Waals surface area (Å²) < 4.78 is 6.26. The van der Waals surface area contributed by atoms with Crippen LogP contribution in [0.2, 0.25) is 0 Å². The van der Waals surface area contributed by atoms with E-state index in [0.717, 1.165) is 41.7 Å². The first-order valence-electron chi connectivity index (χ1n) is 10.7. The summed E-state index contributed by atoms with van der Waals surface area (Å²) in [5.74, 6) is 0.145. The maximum absolute atomic E-state index is 10.9. The van der Waals surface area contributed by atoms with Crippen molar-refractivity contribution in [3.8, 4) is 5.75 Å². The average molecular weight is 393 g/mol. The minimum atomic E-state index is -0.758. The predicted molar refractivity (Wildman–Crippen MR) is 119 cm³/mol. The van der Waals surface area contributed by atoms with E-state index in [-0.39, 0.29) is 6.42 Å². The lowest BCUT2D eigenvalue weighted by molar-refractivity contribution is -0.136. The van der Waals surface area contributed by atoms with Gasteiger partial charge >= 0.3 is 5.97 Å². The molecular formula is C26H32O3. The maximum Gasteiger partial charge on any atom is 0.303 e. The van der Waals surface area contributed by atoms with Gasteiger partial charge in [0.05, 0.1) is 0 Å². The van der Waals surface area contributed by atoms with Gasteiger partial charge < -0.3 is 9.84 Å². The van der Waals surface area contributed by atoms with Crippen molar-refractivity contribution in [1.29, 1.82) is 0 Å². The molecule has 0 fully saturated rings. The number of carboxylic acid groups (broad SMARTS) is 1. The first-order chi connectivity index (χ1) is 14.0. The topological polar surface area (TPSA) is 46.5 Å². The number of aryl methyl sites for hydroxylation is 2. The minimum Gasteiger partial charge on any atom is -0.489 e. The number of hydrogen-bond acceptors (Lipinski definition) is 2. The van der Waals surface area contributed by atoms with Gasteiger partial charge in [0.25, 0.3) is 0 Å². The van der Waals surface area contributed by atoms with Gasteiger partial charge in [0.2, 0.25) is 0 Å². The van der Waals surface area contributed by atoms with Gasteiger partial charge in [0.15, 0.2) is 0 Å². The number of ether oxygens (including phenoxy) is 1. The molecule has 0 saturated heterocycles. The van der Waals surface area contributed by atoms with Crippen molar-refractivity contribution in [3.63, 3.8) is 0 Å². The van der Waals surface area contributed by atoms with Crippen molar-refractivity contribution in [1.82, 2.24) is 0 Å². The number of aliphatic carboxylic acids is 1. The van der Waals surface area contributed by atoms with E-state index in [2.05, 4.69) is 45.0 Å². The summed E-state index contributed by atoms with van der Waals surface area (Å²) in [7, 11) is 0. The summed E-state index contributed by atoms with van der Waals surface area (Å²) in [4.78, 5) is 10.9. The van der Waals surface area contributed by atoms with E-state index in [9.17, 15) is 4.79 Å². The van der Waals surface area contributed by atoms with Gasteiger partial charge in [0, 0.05) is 6.42 Å². The second kappa shape index (κ2) is 9.78. The Balaban J connectivity index is 1.76. The van der Waals surface area contributed by atoms with Crippen molar-refractivity contribution in [2.45, 2.75) is 65.7 Å². The zero-order valence-electron chi connectivity index (χ0n) is 17.9. The summed E-state index contributed by atoms with van der Waals surface area (Å²) in [5, 5.41) is 8.94. The molecule has 0 aliphatic heterocycles. The van der Waals surface area contributed by atoms with E-state index in [0.29, 0.717) is 13.0 Å². The molecule has 154 valence electrons. The number of carbonyl (C=O) groups is 1. The highest BCUT2D eigenvalue weighted by Gasteiger charge is 2.16. The standard InChI is InChI=1S/C26H32O3/c1-4-20-9-11-22(12-10-20)24-8-6-5-7-23(24)17-29-25-15-13-21(14-16-26(27)28)18(2)19(25)3/h9-13,15H,4-8,14,16-17H2,1-3H3,(H,27,28). The lowest BCUT2D eigenvalue weighted by Crippen LogP contribution is -2.09. The molecule has 0 amide bonds. The van der Waals surface area contributed by atoms with Crippen LogP contribution in [0, 0.1) is 13.8 Å². The largest absolute Gasteiger partial charge is 0.489 e. The highest BCUT2D eigenvalue weighted by Crippen LogP contribution is 2.34. The van der Waals surface area contributed by atoms with Crippen LogP contribution in [0.25, 0.3) is 5.57 Å². The first-order valence-corrected chi connectivity index (χ1v) is 10.7. The quantitative estimate of drug-likeness (QED) is 0.574. The second-order valence-corrected chi connectivity index (χ2v) is 7.99. The smallest absolute Gasteiger partial charge is 0.303 e. The molecule has 1 N–H and O–H groups in total. The molecule has 1 aliphatic rings. The van der Waals surface area contributed by atoms with Crippen LogP contribution >= 0.6 is 0 Å². The molecule has 0 bridgehead atoms. The Morgan fingerprint density at radius 3 is 2.41 bits per heavy atom. The first kappa shape index (κ1) is 21.2. The van der Waals surface area contributed by atoms with Crippen molar-refractivity contribution >= 4 is 11.5 Å². The molecular weight excluding hydrogens is 360 g/mol. The van der Waals surface area contributed by atoms with E-state index in [1.807, 2.05) is 12.1 Å². The molecule has 0 aromatic heterocycles. The summed E-state index contributed by atoms with van der Waals surface area (Å²) in [5.41, 5.74) is 8.90. The third-order valence-corrected chi connectivity index (χ3v) is 6.15. The highest BCUT2D eigenvalue weighted by atomic mass is 16.5. The fraction of sp³-hybridized carbons (Fsp3) is 0.423. The van der Waals surface area contributed by atoms with E-state index in [1.165, 1.54) is 35.1 Å². The van der Waals surface area contributed by atoms with E-state index >= 15 is 0 Å². The van der Waals surface area contributed by atoms with Crippen molar-refractivity contribution in [3.05, 3.63) is 69.8 Å². The molecule has 0 radical (unpaired) electrons. The monoisotopic (exact) mass is 392 g/mol.